The van der Waals surface area contributed by atoms with E-state index in [2.05, 4.69) is 190 Å². The summed E-state index contributed by atoms with van der Waals surface area (Å²) in [4.78, 5) is 0. The normalized spacial score (nSPS) is 12.8. The molecule has 0 saturated heterocycles. The van der Waals surface area contributed by atoms with Crippen molar-refractivity contribution >= 4 is 93.0 Å². The van der Waals surface area contributed by atoms with Crippen molar-refractivity contribution in [2.24, 2.45) is 0 Å². The maximum absolute atomic E-state index is 7.57. The molecule has 0 fully saturated rings. The van der Waals surface area contributed by atoms with Crippen LogP contribution in [0.15, 0.2) is 140 Å². The van der Waals surface area contributed by atoms with Crippen LogP contribution in [0.5, 0.6) is 0 Å². The molecule has 0 bridgehead atoms. The van der Waals surface area contributed by atoms with Crippen molar-refractivity contribution < 1.29 is 0 Å². The third-order valence-electron chi connectivity index (χ3n) is 11.4. The molecule has 10 rings (SSSR count). The van der Waals surface area contributed by atoms with Gasteiger partial charge in [0.1, 0.15) is 0 Å². The van der Waals surface area contributed by atoms with Gasteiger partial charge in [-0.1, -0.05) is 150 Å². The van der Waals surface area contributed by atoms with Gasteiger partial charge < -0.3 is 8.97 Å². The molecule has 0 saturated carbocycles. The van der Waals surface area contributed by atoms with Crippen LogP contribution in [-0.4, -0.2) is 8.97 Å². The van der Waals surface area contributed by atoms with Crippen LogP contribution in [0.3, 0.4) is 0 Å². The zero-order valence-corrected chi connectivity index (χ0v) is 31.8. The summed E-state index contributed by atoms with van der Waals surface area (Å²) in [5, 5.41) is 12.8. The van der Waals surface area contributed by atoms with Crippen LogP contribution in [0.25, 0.3) is 87.1 Å². The number of halogens is 1. The number of para-hydroxylation sites is 2. The zero-order chi connectivity index (χ0) is 36.4. The molecule has 0 aliphatic carbocycles. The third-order valence-corrected chi connectivity index (χ3v) is 11.7. The van der Waals surface area contributed by atoms with E-state index in [1.165, 1.54) is 70.8 Å². The van der Waals surface area contributed by atoms with Crippen LogP contribution in [0.4, 0.5) is 0 Å². The molecule has 0 spiro atoms. The lowest BCUT2D eigenvalue weighted by atomic mass is 9.85. The van der Waals surface area contributed by atoms with E-state index < -0.39 is 0 Å². The van der Waals surface area contributed by atoms with Gasteiger partial charge in [-0.3, -0.25) is 0 Å². The topological polar surface area (TPSA) is 9.34 Å². The third kappa shape index (κ3) is 4.71. The molecule has 10 aromatic rings. The minimum Gasteiger partial charge on any atom is -0.309 e. The van der Waals surface area contributed by atoms with Gasteiger partial charge in [0.25, 0.3) is 0 Å². The molecule has 7 aromatic carbocycles. The van der Waals surface area contributed by atoms with Crippen molar-refractivity contribution in [3.8, 4) is 5.69 Å². The molecule has 3 heteroatoms. The van der Waals surface area contributed by atoms with E-state index in [4.69, 9.17) is 11.6 Å². The highest BCUT2D eigenvalue weighted by atomic mass is 35.5. The summed E-state index contributed by atoms with van der Waals surface area (Å²) in [6.45, 7) is 13.8. The lowest BCUT2D eigenvalue weighted by Gasteiger charge is -2.19. The highest BCUT2D eigenvalue weighted by Crippen LogP contribution is 2.44. The fourth-order valence-electron chi connectivity index (χ4n) is 8.76. The molecule has 2 nitrogen and oxygen atoms in total. The Bertz CT molecular complexity index is 3130. The van der Waals surface area contributed by atoms with Gasteiger partial charge in [0, 0.05) is 38.0 Å². The molecule has 53 heavy (non-hydrogen) atoms. The molecule has 0 aliphatic rings. The second-order valence-electron chi connectivity index (χ2n) is 16.8. The number of nitrogens with zero attached hydrogens (tertiary/aromatic N) is 2. The molecule has 0 atom stereocenters. The first-order valence-corrected chi connectivity index (χ1v) is 19.0. The number of fused-ring (bicyclic) bond motifs is 13. The van der Waals surface area contributed by atoms with E-state index in [-0.39, 0.29) is 10.8 Å². The zero-order valence-electron chi connectivity index (χ0n) is 31.1. The predicted molar refractivity (Wildman–Crippen MR) is 230 cm³/mol. The second-order valence-corrected chi connectivity index (χ2v) is 17.2. The molecule has 3 heterocycles. The molecule has 0 amide bonds. The van der Waals surface area contributed by atoms with Crippen molar-refractivity contribution in [2.45, 2.75) is 52.4 Å². The Morgan fingerprint density at radius 3 is 1.43 bits per heavy atom. The first-order chi connectivity index (χ1) is 25.5. The van der Waals surface area contributed by atoms with Gasteiger partial charge in [0.05, 0.1) is 32.6 Å². The SMILES string of the molecule is CC(C)(C)c1ccc2c(c1)c1cc(C(C)(C)C)ccc1n2-c1cc(Cl)c2c3cccc4c5ccccc5c5ccccc5c5ccccc5n(c2c1)c43. The van der Waals surface area contributed by atoms with Gasteiger partial charge in [0.2, 0.25) is 0 Å². The van der Waals surface area contributed by atoms with Crippen LogP contribution < -0.4 is 0 Å². The van der Waals surface area contributed by atoms with E-state index in [9.17, 15) is 0 Å². The lowest BCUT2D eigenvalue weighted by molar-refractivity contribution is 0.590. The maximum atomic E-state index is 7.57. The Balaban J connectivity index is 1.43. The van der Waals surface area contributed by atoms with Crippen molar-refractivity contribution in [1.82, 2.24) is 8.97 Å². The van der Waals surface area contributed by atoms with Gasteiger partial charge in [-0.25, -0.2) is 0 Å². The van der Waals surface area contributed by atoms with Gasteiger partial charge in [0.15, 0.2) is 0 Å². The first kappa shape index (κ1) is 32.1. The predicted octanol–water partition coefficient (Wildman–Crippen LogP) is 14.6. The van der Waals surface area contributed by atoms with E-state index in [1.807, 2.05) is 0 Å². The van der Waals surface area contributed by atoms with Crippen LogP contribution in [-0.2, 0) is 10.8 Å². The largest absolute Gasteiger partial charge is 0.309 e. The van der Waals surface area contributed by atoms with Crippen LogP contribution >= 0.6 is 11.6 Å². The molecule has 3 aromatic heterocycles. The van der Waals surface area contributed by atoms with Crippen molar-refractivity contribution in [3.05, 3.63) is 156 Å². The average Bonchev–Trinajstić information content (AvgIpc) is 3.67. The number of hydrogen-bond acceptors (Lipinski definition) is 0. The van der Waals surface area contributed by atoms with Crippen molar-refractivity contribution in [1.29, 1.82) is 0 Å². The van der Waals surface area contributed by atoms with Crippen LogP contribution in [0, 0.1) is 0 Å². The summed E-state index contributed by atoms with van der Waals surface area (Å²) < 4.78 is 4.90. The number of aromatic nitrogens is 2. The first-order valence-electron chi connectivity index (χ1n) is 18.6. The molecule has 0 unspecified atom stereocenters. The summed E-state index contributed by atoms with van der Waals surface area (Å²) in [5.41, 5.74) is 9.52. The quantitative estimate of drug-likeness (QED) is 0.161. The van der Waals surface area contributed by atoms with Crippen LogP contribution in [0.2, 0.25) is 5.02 Å². The lowest BCUT2D eigenvalue weighted by Crippen LogP contribution is -2.10. The number of hydrogen-bond donors (Lipinski definition) is 0. The molecular formula is C50H41ClN2. The monoisotopic (exact) mass is 704 g/mol. The van der Waals surface area contributed by atoms with Crippen molar-refractivity contribution in [2.75, 3.05) is 0 Å². The summed E-state index contributed by atoms with van der Waals surface area (Å²) in [6.07, 6.45) is 0. The molecule has 258 valence electrons. The molecule has 0 aliphatic heterocycles. The minimum atomic E-state index is 0.0272. The Kier molecular flexibility index (Phi) is 6.80. The number of benzene rings is 7. The summed E-state index contributed by atoms with van der Waals surface area (Å²) in [6, 6.07) is 51.8. The van der Waals surface area contributed by atoms with Gasteiger partial charge in [-0.05, 0) is 86.0 Å². The van der Waals surface area contributed by atoms with E-state index in [0.717, 1.165) is 32.5 Å². The summed E-state index contributed by atoms with van der Waals surface area (Å²) >= 11 is 7.57. The highest BCUT2D eigenvalue weighted by Gasteiger charge is 2.23. The second kappa shape index (κ2) is 11.2. The Morgan fingerprint density at radius 2 is 0.868 bits per heavy atom. The maximum Gasteiger partial charge on any atom is 0.0620 e. The van der Waals surface area contributed by atoms with Crippen molar-refractivity contribution in [3.63, 3.8) is 0 Å². The Labute approximate surface area is 314 Å². The smallest absolute Gasteiger partial charge is 0.0620 e. The number of rotatable bonds is 1. The fraction of sp³-hybridized carbons (Fsp3) is 0.160. The average molecular weight is 705 g/mol. The summed E-state index contributed by atoms with van der Waals surface area (Å²) in [7, 11) is 0. The Hall–Kier alpha value is -5.57. The Morgan fingerprint density at radius 1 is 0.396 bits per heavy atom. The van der Waals surface area contributed by atoms with E-state index in [1.54, 1.807) is 0 Å². The van der Waals surface area contributed by atoms with E-state index >= 15 is 0 Å². The summed E-state index contributed by atoms with van der Waals surface area (Å²) in [5.74, 6) is 0. The standard InChI is InChI=1S/C50H41ClN2/c1-49(2,3)30-22-24-44-40(26-30)41-27-31(50(4,5)6)23-25-45(41)52(44)32-28-42(51)47-39-20-13-19-38-36-17-10-8-15-34(36)33-14-7-9-16-35(33)37-18-11-12-21-43(37)53(48(38)39)46(47)29-32/h7-29H,1-6H3. The van der Waals surface area contributed by atoms with E-state index in [0.29, 0.717) is 0 Å². The molecular weight excluding hydrogens is 664 g/mol. The van der Waals surface area contributed by atoms with Gasteiger partial charge in [-0.2, -0.15) is 0 Å². The fourth-order valence-corrected chi connectivity index (χ4v) is 9.07. The highest BCUT2D eigenvalue weighted by molar-refractivity contribution is 6.39. The molecule has 0 N–H and O–H groups in total. The van der Waals surface area contributed by atoms with Gasteiger partial charge >= 0.3 is 0 Å². The van der Waals surface area contributed by atoms with Gasteiger partial charge in [-0.15, -0.1) is 0 Å². The molecule has 0 radical (unpaired) electrons. The minimum absolute atomic E-state index is 0.0272. The van der Waals surface area contributed by atoms with Crippen LogP contribution in [0.1, 0.15) is 52.7 Å².